The molecule has 2 heterocycles. The number of rotatable bonds is 6. The Bertz CT molecular complexity index is 1390. The molecule has 1 N–H and O–H groups in total. The second-order valence-electron chi connectivity index (χ2n) is 9.33. The minimum atomic E-state index is -0.417. The Morgan fingerprint density at radius 3 is 2.58 bits per heavy atom. The fourth-order valence-electron chi connectivity index (χ4n) is 4.15. The predicted molar refractivity (Wildman–Crippen MR) is 129 cm³/mol. The smallest absolute Gasteiger partial charge is 0.339 e. The summed E-state index contributed by atoms with van der Waals surface area (Å²) < 4.78 is 16.7. The summed E-state index contributed by atoms with van der Waals surface area (Å²) in [6.45, 7) is 8.67. The fraction of sp³-hybridized carbons (Fsp3) is 0.333. The van der Waals surface area contributed by atoms with Crippen LogP contribution in [0.15, 0.2) is 56.3 Å². The molecule has 4 rings (SSSR count). The number of hydrogen-bond donors (Lipinski definition) is 1. The van der Waals surface area contributed by atoms with Gasteiger partial charge < -0.3 is 18.9 Å². The molecule has 6 heteroatoms. The van der Waals surface area contributed by atoms with E-state index >= 15 is 0 Å². The van der Waals surface area contributed by atoms with Gasteiger partial charge in [-0.05, 0) is 36.5 Å². The third-order valence-corrected chi connectivity index (χ3v) is 6.06. The van der Waals surface area contributed by atoms with Crippen LogP contribution in [0.25, 0.3) is 21.9 Å². The molecule has 0 saturated carbocycles. The molecule has 0 saturated heterocycles. The van der Waals surface area contributed by atoms with Gasteiger partial charge in [0, 0.05) is 46.5 Å². The Morgan fingerprint density at radius 2 is 1.85 bits per heavy atom. The zero-order chi connectivity index (χ0) is 23.8. The number of nitrogens with one attached hydrogen (secondary N) is 1. The van der Waals surface area contributed by atoms with Gasteiger partial charge in [0.2, 0.25) is 5.91 Å². The summed E-state index contributed by atoms with van der Waals surface area (Å²) in [5.41, 5.74) is 4.04. The van der Waals surface area contributed by atoms with Gasteiger partial charge in [0.25, 0.3) is 0 Å². The number of para-hydroxylation sites is 1. The lowest BCUT2D eigenvalue weighted by molar-refractivity contribution is -0.121. The average molecular weight is 448 g/mol. The van der Waals surface area contributed by atoms with Crippen LogP contribution in [0, 0.1) is 6.92 Å². The van der Waals surface area contributed by atoms with E-state index in [0.717, 1.165) is 33.2 Å². The summed E-state index contributed by atoms with van der Waals surface area (Å²) in [6.07, 6.45) is 2.26. The third kappa shape index (κ3) is 4.51. The molecular formula is C27H29NO5. The van der Waals surface area contributed by atoms with Crippen LogP contribution in [0.5, 0.6) is 5.75 Å². The molecule has 2 aromatic carbocycles. The van der Waals surface area contributed by atoms with E-state index in [-0.39, 0.29) is 17.7 Å². The van der Waals surface area contributed by atoms with Crippen LogP contribution in [0.2, 0.25) is 0 Å². The van der Waals surface area contributed by atoms with E-state index in [9.17, 15) is 9.59 Å². The van der Waals surface area contributed by atoms with Gasteiger partial charge in [0.05, 0.1) is 13.4 Å². The van der Waals surface area contributed by atoms with Crippen molar-refractivity contribution in [3.63, 3.8) is 0 Å². The topological polar surface area (TPSA) is 81.7 Å². The number of carbonyl (C=O) groups excluding carboxylic acids is 1. The largest absolute Gasteiger partial charge is 0.496 e. The standard InChI is InChI=1S/C27H29NO5/c1-16-18(10-11-25(29)28-14-17-8-6-7-9-22(17)31-5)26(30)33-24-13-23-20(12-19(16)24)21(15-32-23)27(2,3)4/h6-9,12-13,15H,10-11,14H2,1-5H3,(H,28,29). The van der Waals surface area contributed by atoms with E-state index in [0.29, 0.717) is 29.7 Å². The lowest BCUT2D eigenvalue weighted by Crippen LogP contribution is -2.24. The highest BCUT2D eigenvalue weighted by Gasteiger charge is 2.22. The number of amides is 1. The Balaban J connectivity index is 1.56. The van der Waals surface area contributed by atoms with Crippen molar-refractivity contribution >= 4 is 27.8 Å². The van der Waals surface area contributed by atoms with Gasteiger partial charge in [0.15, 0.2) is 0 Å². The van der Waals surface area contributed by atoms with Crippen molar-refractivity contribution in [1.82, 2.24) is 5.32 Å². The lowest BCUT2D eigenvalue weighted by Gasteiger charge is -2.16. The van der Waals surface area contributed by atoms with Gasteiger partial charge >= 0.3 is 5.63 Å². The molecule has 0 spiro atoms. The summed E-state index contributed by atoms with van der Waals surface area (Å²) in [7, 11) is 1.60. The first-order valence-corrected chi connectivity index (χ1v) is 11.1. The summed E-state index contributed by atoms with van der Waals surface area (Å²) in [4.78, 5) is 25.2. The molecule has 0 aliphatic carbocycles. The molecule has 172 valence electrons. The molecule has 2 aromatic heterocycles. The van der Waals surface area contributed by atoms with Gasteiger partial charge in [-0.25, -0.2) is 4.79 Å². The lowest BCUT2D eigenvalue weighted by atomic mass is 9.86. The van der Waals surface area contributed by atoms with Gasteiger partial charge in [-0.1, -0.05) is 39.0 Å². The normalized spacial score (nSPS) is 11.8. The van der Waals surface area contributed by atoms with Crippen LogP contribution >= 0.6 is 0 Å². The molecule has 0 unspecified atom stereocenters. The quantitative estimate of drug-likeness (QED) is 0.400. The highest BCUT2D eigenvalue weighted by molar-refractivity contribution is 5.96. The van der Waals surface area contributed by atoms with Crippen molar-refractivity contribution in [2.24, 2.45) is 0 Å². The Labute approximate surface area is 192 Å². The zero-order valence-electron chi connectivity index (χ0n) is 19.7. The van der Waals surface area contributed by atoms with E-state index in [1.165, 1.54) is 0 Å². The third-order valence-electron chi connectivity index (χ3n) is 6.06. The second kappa shape index (κ2) is 8.77. The molecule has 0 fully saturated rings. The number of fused-ring (bicyclic) bond motifs is 2. The van der Waals surface area contributed by atoms with Crippen LogP contribution in [-0.2, 0) is 23.2 Å². The van der Waals surface area contributed by atoms with Crippen LogP contribution in [0.4, 0.5) is 0 Å². The van der Waals surface area contributed by atoms with Crippen LogP contribution in [0.1, 0.15) is 49.4 Å². The van der Waals surface area contributed by atoms with Crippen molar-refractivity contribution in [1.29, 1.82) is 0 Å². The molecule has 0 atom stereocenters. The van der Waals surface area contributed by atoms with Crippen LogP contribution < -0.4 is 15.7 Å². The fourth-order valence-corrected chi connectivity index (χ4v) is 4.15. The maximum atomic E-state index is 12.7. The highest BCUT2D eigenvalue weighted by Crippen LogP contribution is 2.35. The number of methoxy groups -OCH3 is 1. The Morgan fingerprint density at radius 1 is 1.09 bits per heavy atom. The number of aryl methyl sites for hydroxylation is 1. The van der Waals surface area contributed by atoms with Gasteiger partial charge in [-0.3, -0.25) is 4.79 Å². The minimum absolute atomic E-state index is 0.0786. The molecule has 0 radical (unpaired) electrons. The van der Waals surface area contributed by atoms with E-state index in [1.54, 1.807) is 19.4 Å². The first-order chi connectivity index (χ1) is 15.7. The monoisotopic (exact) mass is 447 g/mol. The van der Waals surface area contributed by atoms with E-state index in [2.05, 4.69) is 26.1 Å². The molecule has 0 bridgehead atoms. The number of ether oxygens (including phenoxy) is 1. The SMILES string of the molecule is COc1ccccc1CNC(=O)CCc1c(C)c2cc3c(C(C)(C)C)coc3cc2oc1=O. The number of carbonyl (C=O) groups is 1. The Kier molecular flexibility index (Phi) is 6.02. The van der Waals surface area contributed by atoms with E-state index in [4.69, 9.17) is 13.6 Å². The van der Waals surface area contributed by atoms with Gasteiger partial charge in [-0.15, -0.1) is 0 Å². The molecule has 33 heavy (non-hydrogen) atoms. The maximum Gasteiger partial charge on any atom is 0.339 e. The van der Waals surface area contributed by atoms with Crippen molar-refractivity contribution in [2.45, 2.75) is 52.5 Å². The molecular weight excluding hydrogens is 418 g/mol. The molecule has 0 aliphatic heterocycles. The first kappa shape index (κ1) is 22.6. The van der Waals surface area contributed by atoms with Crippen molar-refractivity contribution in [3.8, 4) is 5.75 Å². The van der Waals surface area contributed by atoms with Crippen LogP contribution in [-0.4, -0.2) is 13.0 Å². The highest BCUT2D eigenvalue weighted by atomic mass is 16.5. The molecule has 4 aromatic rings. The Hall–Kier alpha value is -3.54. The van der Waals surface area contributed by atoms with Crippen molar-refractivity contribution < 1.29 is 18.4 Å². The summed E-state index contributed by atoms with van der Waals surface area (Å²) in [6, 6.07) is 11.3. The van der Waals surface area contributed by atoms with E-state index in [1.807, 2.05) is 37.3 Å². The second-order valence-corrected chi connectivity index (χ2v) is 9.33. The summed E-state index contributed by atoms with van der Waals surface area (Å²) in [5.74, 6) is 0.587. The van der Waals surface area contributed by atoms with E-state index < -0.39 is 5.63 Å². The van der Waals surface area contributed by atoms with Crippen molar-refractivity contribution in [3.05, 3.63) is 75.3 Å². The average Bonchev–Trinajstić information content (AvgIpc) is 3.20. The maximum absolute atomic E-state index is 12.7. The zero-order valence-corrected chi connectivity index (χ0v) is 19.7. The number of benzene rings is 2. The van der Waals surface area contributed by atoms with Crippen LogP contribution in [0.3, 0.4) is 0 Å². The molecule has 0 aliphatic rings. The minimum Gasteiger partial charge on any atom is -0.496 e. The molecule has 1 amide bonds. The molecule has 6 nitrogen and oxygen atoms in total. The summed E-state index contributed by atoms with van der Waals surface area (Å²) >= 11 is 0. The predicted octanol–water partition coefficient (Wildman–Crippen LogP) is 5.40. The number of hydrogen-bond acceptors (Lipinski definition) is 5. The van der Waals surface area contributed by atoms with Gasteiger partial charge in [0.1, 0.15) is 16.9 Å². The van der Waals surface area contributed by atoms with Crippen molar-refractivity contribution in [2.75, 3.05) is 7.11 Å². The first-order valence-electron chi connectivity index (χ1n) is 11.1. The summed E-state index contributed by atoms with van der Waals surface area (Å²) in [5, 5.41) is 4.77. The number of furan rings is 1. The van der Waals surface area contributed by atoms with Gasteiger partial charge in [-0.2, -0.15) is 0 Å².